The Morgan fingerprint density at radius 1 is 0.976 bits per heavy atom. The lowest BCUT2D eigenvalue weighted by atomic mass is 10.0. The van der Waals surface area contributed by atoms with E-state index in [2.05, 4.69) is 5.32 Å². The van der Waals surface area contributed by atoms with Crippen molar-refractivity contribution >= 4 is 29.9 Å². The van der Waals surface area contributed by atoms with E-state index in [0.29, 0.717) is 37.2 Å². The zero-order valence-corrected chi connectivity index (χ0v) is 24.3. The number of hydrogen-bond donors (Lipinski definition) is 1. The number of anilines is 1. The van der Waals surface area contributed by atoms with Crippen LogP contribution in [0.15, 0.2) is 48.5 Å². The fourth-order valence-electron chi connectivity index (χ4n) is 4.42. The molecule has 0 aromatic heterocycles. The molecular formula is C30H39N3O8. The first-order valence-corrected chi connectivity index (χ1v) is 13.6. The molecule has 0 spiro atoms. The highest BCUT2D eigenvalue weighted by atomic mass is 16.6. The van der Waals surface area contributed by atoms with Crippen LogP contribution in [0.2, 0.25) is 0 Å². The van der Waals surface area contributed by atoms with Crippen molar-refractivity contribution in [2.75, 3.05) is 31.7 Å². The molecule has 11 nitrogen and oxygen atoms in total. The molecule has 0 atom stereocenters. The summed E-state index contributed by atoms with van der Waals surface area (Å²) < 4.78 is 21.1. The summed E-state index contributed by atoms with van der Waals surface area (Å²) in [5.41, 5.74) is 1.32. The molecule has 1 aliphatic heterocycles. The second kappa shape index (κ2) is 14.4. The monoisotopic (exact) mass is 569 g/mol. The molecule has 1 heterocycles. The quantitative estimate of drug-likeness (QED) is 0.337. The van der Waals surface area contributed by atoms with E-state index in [-0.39, 0.29) is 31.4 Å². The molecule has 1 fully saturated rings. The van der Waals surface area contributed by atoms with E-state index >= 15 is 0 Å². The topological polar surface area (TPSA) is 124 Å². The highest BCUT2D eigenvalue weighted by molar-refractivity contribution is 6.01. The molecular weight excluding hydrogens is 530 g/mol. The Morgan fingerprint density at radius 3 is 2.27 bits per heavy atom. The van der Waals surface area contributed by atoms with Crippen LogP contribution >= 0.6 is 0 Å². The van der Waals surface area contributed by atoms with Gasteiger partial charge in [-0.25, -0.2) is 19.2 Å². The molecule has 0 bridgehead atoms. The van der Waals surface area contributed by atoms with Gasteiger partial charge in [-0.15, -0.1) is 0 Å². The second-order valence-corrected chi connectivity index (χ2v) is 10.5. The zero-order valence-electron chi connectivity index (χ0n) is 24.3. The summed E-state index contributed by atoms with van der Waals surface area (Å²) in [7, 11) is 1.26. The standard InChI is InChI=1S/C30H39N3O8/c1-6-39-29(37)33(23-14-16-32(17-15-23)28(36)40-20-21-10-8-7-9-11-21)25-13-12-22(18-24(25)26(34)38-5)19-31-27(35)41-30(2,3)4/h7-13,18,23H,6,14-17,19-20H2,1-5H3,(H,31,35). The van der Waals surface area contributed by atoms with E-state index < -0.39 is 29.9 Å². The highest BCUT2D eigenvalue weighted by Crippen LogP contribution is 2.30. The van der Waals surface area contributed by atoms with Crippen LogP contribution in [0.3, 0.4) is 0 Å². The summed E-state index contributed by atoms with van der Waals surface area (Å²) in [5.74, 6) is -0.643. The van der Waals surface area contributed by atoms with Crippen LogP contribution in [0.25, 0.3) is 0 Å². The average molecular weight is 570 g/mol. The van der Waals surface area contributed by atoms with Gasteiger partial charge in [0.2, 0.25) is 0 Å². The van der Waals surface area contributed by atoms with Crippen LogP contribution in [0.4, 0.5) is 20.1 Å². The molecule has 0 aliphatic carbocycles. The molecule has 0 saturated carbocycles. The highest BCUT2D eigenvalue weighted by Gasteiger charge is 2.34. The lowest BCUT2D eigenvalue weighted by Gasteiger charge is -2.38. The van der Waals surface area contributed by atoms with Crippen LogP contribution in [-0.2, 0) is 32.1 Å². The van der Waals surface area contributed by atoms with Gasteiger partial charge in [0, 0.05) is 25.7 Å². The molecule has 0 radical (unpaired) electrons. The van der Waals surface area contributed by atoms with Gasteiger partial charge in [-0.1, -0.05) is 36.4 Å². The van der Waals surface area contributed by atoms with Crippen molar-refractivity contribution in [1.82, 2.24) is 10.2 Å². The molecule has 222 valence electrons. The third-order valence-corrected chi connectivity index (χ3v) is 6.32. The summed E-state index contributed by atoms with van der Waals surface area (Å²) >= 11 is 0. The molecule has 3 rings (SSSR count). The SMILES string of the molecule is CCOC(=O)N(c1ccc(CNC(=O)OC(C)(C)C)cc1C(=O)OC)C1CCN(C(=O)OCc2ccccc2)CC1. The van der Waals surface area contributed by atoms with Gasteiger partial charge in [-0.3, -0.25) is 4.90 Å². The zero-order chi connectivity index (χ0) is 30.0. The number of carbonyl (C=O) groups excluding carboxylic acids is 4. The lowest BCUT2D eigenvalue weighted by Crippen LogP contribution is -2.49. The normalized spacial score (nSPS) is 13.6. The largest absolute Gasteiger partial charge is 0.465 e. The number of piperidine rings is 1. The number of likely N-dealkylation sites (tertiary alicyclic amines) is 1. The Kier molecular flexibility index (Phi) is 11.0. The number of carbonyl (C=O) groups is 4. The van der Waals surface area contributed by atoms with Crippen molar-refractivity contribution in [1.29, 1.82) is 0 Å². The van der Waals surface area contributed by atoms with Gasteiger partial charge >= 0.3 is 24.2 Å². The Bertz CT molecular complexity index is 1200. The number of amides is 3. The summed E-state index contributed by atoms with van der Waals surface area (Å²) in [5, 5.41) is 2.66. The number of esters is 1. The maximum Gasteiger partial charge on any atom is 0.414 e. The molecule has 1 saturated heterocycles. The van der Waals surface area contributed by atoms with E-state index in [4.69, 9.17) is 18.9 Å². The van der Waals surface area contributed by atoms with Gasteiger partial charge in [0.15, 0.2) is 0 Å². The van der Waals surface area contributed by atoms with Crippen LogP contribution in [0.1, 0.15) is 62.0 Å². The van der Waals surface area contributed by atoms with Crippen molar-refractivity contribution in [3.63, 3.8) is 0 Å². The first kappa shape index (κ1) is 31.3. The molecule has 2 aromatic rings. The average Bonchev–Trinajstić information content (AvgIpc) is 2.95. The molecule has 2 aromatic carbocycles. The van der Waals surface area contributed by atoms with Crippen LogP contribution < -0.4 is 10.2 Å². The summed E-state index contributed by atoms with van der Waals surface area (Å²) in [6.45, 7) is 8.13. The number of rotatable bonds is 8. The third kappa shape index (κ3) is 9.12. The maximum atomic E-state index is 13.2. The van der Waals surface area contributed by atoms with Gasteiger partial charge in [-0.2, -0.15) is 0 Å². The number of nitrogens with one attached hydrogen (secondary N) is 1. The Hall–Kier alpha value is -4.28. The molecule has 41 heavy (non-hydrogen) atoms. The number of benzene rings is 2. The number of nitrogens with zero attached hydrogens (tertiary/aromatic N) is 2. The molecule has 3 amide bonds. The minimum absolute atomic E-state index is 0.0993. The lowest BCUT2D eigenvalue weighted by molar-refractivity contribution is 0.0522. The van der Waals surface area contributed by atoms with E-state index in [1.807, 2.05) is 30.3 Å². The van der Waals surface area contributed by atoms with Crippen LogP contribution in [0.5, 0.6) is 0 Å². The molecule has 1 aliphatic rings. The number of hydrogen-bond acceptors (Lipinski definition) is 8. The van der Waals surface area contributed by atoms with E-state index in [1.165, 1.54) is 12.0 Å². The molecule has 1 N–H and O–H groups in total. The van der Waals surface area contributed by atoms with Gasteiger partial charge in [0.25, 0.3) is 0 Å². The van der Waals surface area contributed by atoms with Crippen LogP contribution in [0, 0.1) is 0 Å². The van der Waals surface area contributed by atoms with Gasteiger partial charge in [0.05, 0.1) is 25.0 Å². The van der Waals surface area contributed by atoms with Gasteiger partial charge in [-0.05, 0) is 63.8 Å². The maximum absolute atomic E-state index is 13.2. The van der Waals surface area contributed by atoms with Crippen LogP contribution in [-0.4, -0.2) is 67.6 Å². The minimum atomic E-state index is -0.653. The van der Waals surface area contributed by atoms with Crippen molar-refractivity contribution < 1.29 is 38.1 Å². The van der Waals surface area contributed by atoms with Gasteiger partial charge in [0.1, 0.15) is 12.2 Å². The number of ether oxygens (including phenoxy) is 4. The second-order valence-electron chi connectivity index (χ2n) is 10.5. The summed E-state index contributed by atoms with van der Waals surface area (Å²) in [4.78, 5) is 53.8. The summed E-state index contributed by atoms with van der Waals surface area (Å²) in [6, 6.07) is 14.0. The fraction of sp³-hybridized carbons (Fsp3) is 0.467. The fourth-order valence-corrected chi connectivity index (χ4v) is 4.42. The summed E-state index contributed by atoms with van der Waals surface area (Å²) in [6.07, 6.45) is -0.734. The van der Waals surface area contributed by atoms with E-state index in [1.54, 1.807) is 50.8 Å². The first-order chi connectivity index (χ1) is 19.5. The third-order valence-electron chi connectivity index (χ3n) is 6.32. The Morgan fingerprint density at radius 2 is 1.66 bits per heavy atom. The van der Waals surface area contributed by atoms with Crippen molar-refractivity contribution in [3.8, 4) is 0 Å². The predicted octanol–water partition coefficient (Wildman–Crippen LogP) is 5.26. The predicted molar refractivity (Wildman–Crippen MR) is 152 cm³/mol. The number of methoxy groups -OCH3 is 1. The number of alkyl carbamates (subject to hydrolysis) is 1. The molecule has 11 heteroatoms. The molecule has 0 unspecified atom stereocenters. The van der Waals surface area contributed by atoms with Gasteiger partial charge < -0.3 is 29.2 Å². The van der Waals surface area contributed by atoms with Crippen molar-refractivity contribution in [2.24, 2.45) is 0 Å². The smallest absolute Gasteiger partial charge is 0.414 e. The minimum Gasteiger partial charge on any atom is -0.465 e. The van der Waals surface area contributed by atoms with E-state index in [9.17, 15) is 19.2 Å². The first-order valence-electron chi connectivity index (χ1n) is 13.6. The van der Waals surface area contributed by atoms with E-state index in [0.717, 1.165) is 5.56 Å². The Balaban J connectivity index is 1.75. The Labute approximate surface area is 240 Å². The van der Waals surface area contributed by atoms with Crippen molar-refractivity contribution in [3.05, 3.63) is 65.2 Å². The van der Waals surface area contributed by atoms with Crippen molar-refractivity contribution in [2.45, 2.75) is 65.3 Å².